The third-order valence-electron chi connectivity index (χ3n) is 6.31. The molecule has 1 aliphatic heterocycles. The molecular formula is C23H33N5O7. The number of carbonyl (C=O) groups excluding carboxylic acids is 2. The van der Waals surface area contributed by atoms with E-state index in [0.717, 1.165) is 19.3 Å². The summed E-state index contributed by atoms with van der Waals surface area (Å²) in [5.41, 5.74) is 0.910. The molecule has 2 aromatic heterocycles. The van der Waals surface area contributed by atoms with Crippen LogP contribution < -0.4 is 5.32 Å². The van der Waals surface area contributed by atoms with E-state index in [9.17, 15) is 19.8 Å². The first-order valence-electron chi connectivity index (χ1n) is 12.2. The number of carbonyl (C=O) groups is 2. The summed E-state index contributed by atoms with van der Waals surface area (Å²) < 4.78 is 18.0. The van der Waals surface area contributed by atoms with E-state index in [1.807, 2.05) is 13.8 Å². The molecule has 12 nitrogen and oxygen atoms in total. The number of hydrogen-bond donors (Lipinski definition) is 3. The van der Waals surface area contributed by atoms with Crippen LogP contribution in [0.5, 0.6) is 0 Å². The molecule has 4 rings (SSSR count). The average molecular weight is 492 g/mol. The van der Waals surface area contributed by atoms with Crippen LogP contribution in [0.15, 0.2) is 12.7 Å². The number of rotatable bonds is 10. The largest absolute Gasteiger partial charge is 0.463 e. The van der Waals surface area contributed by atoms with Crippen LogP contribution in [0.3, 0.4) is 0 Å². The van der Waals surface area contributed by atoms with Gasteiger partial charge in [0.15, 0.2) is 23.2 Å². The molecule has 6 atom stereocenters. The quantitative estimate of drug-likeness (QED) is 0.413. The molecule has 1 saturated carbocycles. The van der Waals surface area contributed by atoms with Crippen molar-refractivity contribution in [3.8, 4) is 0 Å². The molecule has 12 heteroatoms. The number of aliphatic hydroxyl groups is 2. The Morgan fingerprint density at radius 1 is 1.11 bits per heavy atom. The zero-order chi connectivity index (χ0) is 24.9. The van der Waals surface area contributed by atoms with Crippen LogP contribution in [0, 0.1) is 0 Å². The molecule has 0 aromatic carbocycles. The minimum absolute atomic E-state index is 0.0648. The summed E-state index contributed by atoms with van der Waals surface area (Å²) in [6.07, 6.45) is 2.80. The number of hydrogen-bond acceptors (Lipinski definition) is 11. The second kappa shape index (κ2) is 11.3. The van der Waals surface area contributed by atoms with Crippen LogP contribution in [0.1, 0.15) is 65.0 Å². The Morgan fingerprint density at radius 2 is 1.89 bits per heavy atom. The number of nitrogens with one attached hydrogen (secondary N) is 1. The molecular weight excluding hydrogens is 458 g/mol. The lowest BCUT2D eigenvalue weighted by molar-refractivity contribution is -0.150. The van der Waals surface area contributed by atoms with Crippen LogP contribution in [-0.4, -0.2) is 78.7 Å². The summed E-state index contributed by atoms with van der Waals surface area (Å²) in [4.78, 5) is 36.5. The monoisotopic (exact) mass is 491 g/mol. The van der Waals surface area contributed by atoms with Gasteiger partial charge in [-0.15, -0.1) is 0 Å². The van der Waals surface area contributed by atoms with Crippen LogP contribution in [0.25, 0.3) is 11.2 Å². The lowest BCUT2D eigenvalue weighted by Crippen LogP contribution is -2.34. The molecule has 0 unspecified atom stereocenters. The zero-order valence-corrected chi connectivity index (χ0v) is 20.0. The van der Waals surface area contributed by atoms with E-state index in [1.165, 1.54) is 17.2 Å². The second-order valence-corrected chi connectivity index (χ2v) is 9.04. The summed E-state index contributed by atoms with van der Waals surface area (Å²) in [7, 11) is 0. The third kappa shape index (κ3) is 5.71. The van der Waals surface area contributed by atoms with Crippen LogP contribution in [0.4, 0.5) is 5.82 Å². The first-order valence-corrected chi connectivity index (χ1v) is 12.2. The molecule has 0 bridgehead atoms. The van der Waals surface area contributed by atoms with E-state index in [2.05, 4.69) is 20.3 Å². The summed E-state index contributed by atoms with van der Waals surface area (Å²) in [5, 5.41) is 24.4. The van der Waals surface area contributed by atoms with E-state index in [1.54, 1.807) is 0 Å². The summed E-state index contributed by atoms with van der Waals surface area (Å²) in [5.74, 6) is -0.0264. The number of fused-ring (bicyclic) bond motifs is 1. The van der Waals surface area contributed by atoms with Crippen molar-refractivity contribution in [2.24, 2.45) is 0 Å². The van der Waals surface area contributed by atoms with Crippen molar-refractivity contribution in [3.63, 3.8) is 0 Å². The Morgan fingerprint density at radius 3 is 2.66 bits per heavy atom. The van der Waals surface area contributed by atoms with Gasteiger partial charge in [0.25, 0.3) is 0 Å². The van der Waals surface area contributed by atoms with Gasteiger partial charge in [-0.05, 0) is 25.7 Å². The number of imidazole rings is 1. The van der Waals surface area contributed by atoms with Gasteiger partial charge in [-0.1, -0.05) is 13.8 Å². The molecule has 0 radical (unpaired) electrons. The molecule has 2 aliphatic rings. The molecule has 2 fully saturated rings. The van der Waals surface area contributed by atoms with Gasteiger partial charge in [-0.2, -0.15) is 0 Å². The Labute approximate surface area is 203 Å². The highest BCUT2D eigenvalue weighted by atomic mass is 16.6. The average Bonchev–Trinajstić information content (AvgIpc) is 3.52. The Kier molecular flexibility index (Phi) is 8.14. The van der Waals surface area contributed by atoms with Gasteiger partial charge in [0.05, 0.1) is 6.33 Å². The van der Waals surface area contributed by atoms with E-state index in [4.69, 9.17) is 14.2 Å². The molecule has 3 heterocycles. The highest BCUT2D eigenvalue weighted by molar-refractivity contribution is 5.82. The van der Waals surface area contributed by atoms with Crippen molar-refractivity contribution in [1.29, 1.82) is 0 Å². The van der Waals surface area contributed by atoms with Gasteiger partial charge in [0.2, 0.25) is 0 Å². The number of esters is 2. The Balaban J connectivity index is 1.42. The summed E-state index contributed by atoms with van der Waals surface area (Å²) in [6, 6.07) is 0.0648. The van der Waals surface area contributed by atoms with Crippen molar-refractivity contribution in [1.82, 2.24) is 19.5 Å². The van der Waals surface area contributed by atoms with Crippen LogP contribution >= 0.6 is 0 Å². The Hall–Kier alpha value is -2.83. The maximum atomic E-state index is 11.8. The number of nitrogens with zero attached hydrogens (tertiary/aromatic N) is 4. The molecule has 1 aliphatic carbocycles. The maximum Gasteiger partial charge on any atom is 0.306 e. The maximum absolute atomic E-state index is 11.8. The zero-order valence-electron chi connectivity index (χ0n) is 20.0. The molecule has 0 spiro atoms. The highest BCUT2D eigenvalue weighted by Gasteiger charge is 2.45. The molecule has 0 amide bonds. The van der Waals surface area contributed by atoms with E-state index in [0.29, 0.717) is 36.2 Å². The number of anilines is 1. The van der Waals surface area contributed by atoms with Crippen molar-refractivity contribution in [2.45, 2.75) is 95.5 Å². The van der Waals surface area contributed by atoms with Crippen molar-refractivity contribution in [3.05, 3.63) is 12.7 Å². The molecule has 1 saturated heterocycles. The molecule has 2 aromatic rings. The van der Waals surface area contributed by atoms with E-state index in [-0.39, 0.29) is 37.1 Å². The smallest absolute Gasteiger partial charge is 0.306 e. The van der Waals surface area contributed by atoms with Crippen LogP contribution in [-0.2, 0) is 23.8 Å². The minimum Gasteiger partial charge on any atom is -0.463 e. The van der Waals surface area contributed by atoms with Crippen molar-refractivity contribution in [2.75, 3.05) is 11.9 Å². The van der Waals surface area contributed by atoms with E-state index < -0.39 is 24.5 Å². The van der Waals surface area contributed by atoms with Gasteiger partial charge in [-0.3, -0.25) is 14.2 Å². The molecule has 3 N–H and O–H groups in total. The predicted molar refractivity (Wildman–Crippen MR) is 123 cm³/mol. The fraction of sp³-hybridized carbons (Fsp3) is 0.696. The van der Waals surface area contributed by atoms with Gasteiger partial charge in [-0.25, -0.2) is 15.0 Å². The van der Waals surface area contributed by atoms with Crippen molar-refractivity contribution >= 4 is 28.9 Å². The molecule has 192 valence electrons. The topological polar surface area (TPSA) is 158 Å². The Bertz CT molecular complexity index is 1030. The third-order valence-corrected chi connectivity index (χ3v) is 6.31. The lowest BCUT2D eigenvalue weighted by Gasteiger charge is -2.17. The fourth-order valence-electron chi connectivity index (χ4n) is 4.51. The standard InChI is InChI=1S/C23H33N5O7/c1-3-5-16(29)33-10-15-19(31)20(32)23(35-15)28-12-26-18-21(24-11-25-22(18)28)27-13-7-8-14(9-13)34-17(30)6-4-2/h11-15,19-20,23,31-32H,3-10H2,1-2H3,(H,24,25,27)/t13-,14-,15-,19+,20-,23-/m1/s1. The van der Waals surface area contributed by atoms with Crippen LogP contribution in [0.2, 0.25) is 0 Å². The fourth-order valence-corrected chi connectivity index (χ4v) is 4.51. The predicted octanol–water partition coefficient (Wildman–Crippen LogP) is 1.47. The lowest BCUT2D eigenvalue weighted by atomic mass is 10.1. The number of ether oxygens (including phenoxy) is 3. The highest BCUT2D eigenvalue weighted by Crippen LogP contribution is 2.33. The SMILES string of the molecule is CCCC(=O)OC[C@H]1O[C@@H](n2cnc3c(N[C@@H]4CC[C@@H](OC(=O)CCC)C4)ncnc32)[C@H](O)[C@H]1O. The number of aromatic nitrogens is 4. The normalized spacial score (nSPS) is 28.3. The second-order valence-electron chi connectivity index (χ2n) is 9.04. The summed E-state index contributed by atoms with van der Waals surface area (Å²) >= 11 is 0. The van der Waals surface area contributed by atoms with E-state index >= 15 is 0 Å². The number of aliphatic hydroxyl groups excluding tert-OH is 2. The first-order chi connectivity index (χ1) is 16.9. The molecule has 35 heavy (non-hydrogen) atoms. The van der Waals surface area contributed by atoms with Gasteiger partial charge < -0.3 is 29.7 Å². The first kappa shape index (κ1) is 25.3. The van der Waals surface area contributed by atoms with Crippen molar-refractivity contribution < 1.29 is 34.0 Å². The van der Waals surface area contributed by atoms with Gasteiger partial charge in [0.1, 0.15) is 37.4 Å². The minimum atomic E-state index is -1.26. The van der Waals surface area contributed by atoms with Gasteiger partial charge in [0, 0.05) is 25.3 Å². The van der Waals surface area contributed by atoms with Gasteiger partial charge >= 0.3 is 11.9 Å². The summed E-state index contributed by atoms with van der Waals surface area (Å²) in [6.45, 7) is 3.65.